The van der Waals surface area contributed by atoms with E-state index in [1.165, 1.54) is 13.0 Å². The lowest BCUT2D eigenvalue weighted by Crippen LogP contribution is -2.01. The first-order chi connectivity index (χ1) is 6.60. The average molecular weight is 196 g/mol. The summed E-state index contributed by atoms with van der Waals surface area (Å²) in [5.41, 5.74) is -0.545. The van der Waals surface area contributed by atoms with Gasteiger partial charge in [0.1, 0.15) is 17.5 Å². The summed E-state index contributed by atoms with van der Waals surface area (Å²) in [6.07, 6.45) is -2.47. The van der Waals surface area contributed by atoms with Gasteiger partial charge in [-0.05, 0) is 18.6 Å². The van der Waals surface area contributed by atoms with Crippen LogP contribution in [-0.4, -0.2) is 11.3 Å². The Morgan fingerprint density at radius 1 is 1.64 bits per heavy atom. The number of halogens is 2. The SMILES string of the molecule is Cc1cc(C=O)nc(C(F)F)c1C#N. The van der Waals surface area contributed by atoms with E-state index in [1.54, 1.807) is 6.07 Å². The summed E-state index contributed by atoms with van der Waals surface area (Å²) in [6.45, 7) is 1.49. The number of aldehydes is 1. The predicted molar refractivity (Wildman–Crippen MR) is 44.0 cm³/mol. The van der Waals surface area contributed by atoms with Gasteiger partial charge in [-0.2, -0.15) is 5.26 Å². The van der Waals surface area contributed by atoms with Crippen LogP contribution in [0.25, 0.3) is 0 Å². The zero-order valence-electron chi connectivity index (χ0n) is 7.29. The van der Waals surface area contributed by atoms with Gasteiger partial charge in [0, 0.05) is 0 Å². The summed E-state index contributed by atoms with van der Waals surface area (Å²) >= 11 is 0. The highest BCUT2D eigenvalue weighted by Gasteiger charge is 2.17. The van der Waals surface area contributed by atoms with Crippen molar-refractivity contribution in [3.05, 3.63) is 28.6 Å². The summed E-state index contributed by atoms with van der Waals surface area (Å²) in [5, 5.41) is 8.60. The van der Waals surface area contributed by atoms with E-state index in [1.807, 2.05) is 0 Å². The zero-order chi connectivity index (χ0) is 10.7. The minimum absolute atomic E-state index is 0.0863. The molecular weight excluding hydrogens is 190 g/mol. The molecule has 0 N–H and O–H groups in total. The van der Waals surface area contributed by atoms with Crippen LogP contribution >= 0.6 is 0 Å². The molecule has 0 spiro atoms. The first-order valence-corrected chi connectivity index (χ1v) is 3.75. The molecule has 1 rings (SSSR count). The molecule has 0 fully saturated rings. The second kappa shape index (κ2) is 3.92. The standard InChI is InChI=1S/C9H6F2N2O/c1-5-2-6(4-14)13-8(9(10)11)7(5)3-12/h2,4,9H,1H3. The Labute approximate surface area is 79.0 Å². The van der Waals surface area contributed by atoms with Crippen LogP contribution in [0.5, 0.6) is 0 Å². The Morgan fingerprint density at radius 2 is 2.29 bits per heavy atom. The Morgan fingerprint density at radius 3 is 2.71 bits per heavy atom. The lowest BCUT2D eigenvalue weighted by Gasteiger charge is -2.05. The van der Waals surface area contributed by atoms with E-state index < -0.39 is 12.1 Å². The molecule has 0 saturated heterocycles. The minimum Gasteiger partial charge on any atom is -0.296 e. The Hall–Kier alpha value is -1.83. The third kappa shape index (κ3) is 1.74. The van der Waals surface area contributed by atoms with Crippen LogP contribution in [-0.2, 0) is 0 Å². The van der Waals surface area contributed by atoms with Gasteiger partial charge in [-0.1, -0.05) is 0 Å². The second-order valence-corrected chi connectivity index (χ2v) is 2.65. The van der Waals surface area contributed by atoms with Crippen molar-refractivity contribution in [3.63, 3.8) is 0 Å². The molecular formula is C9H6F2N2O. The fourth-order valence-electron chi connectivity index (χ4n) is 1.09. The first-order valence-electron chi connectivity index (χ1n) is 3.75. The first kappa shape index (κ1) is 10.3. The number of carbonyl (C=O) groups excluding carboxylic acids is 1. The molecule has 72 valence electrons. The summed E-state index contributed by atoms with van der Waals surface area (Å²) in [7, 11) is 0. The maximum absolute atomic E-state index is 12.4. The molecule has 1 aromatic heterocycles. The van der Waals surface area contributed by atoms with E-state index >= 15 is 0 Å². The zero-order valence-corrected chi connectivity index (χ0v) is 7.29. The van der Waals surface area contributed by atoms with Crippen molar-refractivity contribution < 1.29 is 13.6 Å². The van der Waals surface area contributed by atoms with Gasteiger partial charge in [0.2, 0.25) is 0 Å². The summed E-state index contributed by atoms with van der Waals surface area (Å²) < 4.78 is 24.8. The molecule has 1 aromatic rings. The summed E-state index contributed by atoms with van der Waals surface area (Å²) in [6, 6.07) is 2.94. The maximum Gasteiger partial charge on any atom is 0.281 e. The highest BCUT2D eigenvalue weighted by molar-refractivity contribution is 5.72. The molecule has 3 nitrogen and oxygen atoms in total. The van der Waals surface area contributed by atoms with Gasteiger partial charge in [-0.15, -0.1) is 0 Å². The molecule has 0 atom stereocenters. The lowest BCUT2D eigenvalue weighted by atomic mass is 10.1. The second-order valence-electron chi connectivity index (χ2n) is 2.65. The molecule has 0 radical (unpaired) electrons. The summed E-state index contributed by atoms with van der Waals surface area (Å²) in [5.74, 6) is 0. The van der Waals surface area contributed by atoms with Gasteiger partial charge in [0.25, 0.3) is 6.43 Å². The van der Waals surface area contributed by atoms with Crippen LogP contribution in [0.4, 0.5) is 8.78 Å². The number of carbonyl (C=O) groups is 1. The van der Waals surface area contributed by atoms with Crippen LogP contribution in [0.3, 0.4) is 0 Å². The van der Waals surface area contributed by atoms with Gasteiger partial charge in [0.05, 0.1) is 5.56 Å². The smallest absolute Gasteiger partial charge is 0.281 e. The van der Waals surface area contributed by atoms with Crippen molar-refractivity contribution in [2.24, 2.45) is 0 Å². The highest BCUT2D eigenvalue weighted by Crippen LogP contribution is 2.22. The molecule has 0 aliphatic heterocycles. The maximum atomic E-state index is 12.4. The number of hydrogen-bond acceptors (Lipinski definition) is 3. The van der Waals surface area contributed by atoms with Gasteiger partial charge < -0.3 is 0 Å². The number of rotatable bonds is 2. The molecule has 0 aliphatic rings. The Kier molecular flexibility index (Phi) is 2.87. The normalized spacial score (nSPS) is 9.93. The molecule has 0 bridgehead atoms. The van der Waals surface area contributed by atoms with Crippen LogP contribution in [0.2, 0.25) is 0 Å². The monoisotopic (exact) mass is 196 g/mol. The Balaban J connectivity index is 3.45. The third-order valence-corrected chi connectivity index (χ3v) is 1.70. The van der Waals surface area contributed by atoms with E-state index in [4.69, 9.17) is 5.26 Å². The number of alkyl halides is 2. The fraction of sp³-hybridized carbons (Fsp3) is 0.222. The van der Waals surface area contributed by atoms with Crippen molar-refractivity contribution in [1.82, 2.24) is 4.98 Å². The number of nitriles is 1. The molecule has 0 unspecified atom stereocenters. The molecule has 1 heterocycles. The van der Waals surface area contributed by atoms with Crippen LogP contribution in [0, 0.1) is 18.3 Å². The molecule has 0 aliphatic carbocycles. The number of pyridine rings is 1. The van der Waals surface area contributed by atoms with Gasteiger partial charge >= 0.3 is 0 Å². The van der Waals surface area contributed by atoms with E-state index in [-0.39, 0.29) is 11.3 Å². The van der Waals surface area contributed by atoms with Crippen molar-refractivity contribution in [2.45, 2.75) is 13.3 Å². The summed E-state index contributed by atoms with van der Waals surface area (Å²) in [4.78, 5) is 13.7. The van der Waals surface area contributed by atoms with Gasteiger partial charge in [-0.3, -0.25) is 4.79 Å². The van der Waals surface area contributed by atoms with E-state index in [2.05, 4.69) is 4.98 Å². The Bertz CT molecular complexity index is 410. The van der Waals surface area contributed by atoms with Gasteiger partial charge in [-0.25, -0.2) is 13.8 Å². The number of nitrogens with zero attached hydrogens (tertiary/aromatic N) is 2. The van der Waals surface area contributed by atoms with E-state index in [0.29, 0.717) is 11.8 Å². The van der Waals surface area contributed by atoms with E-state index in [9.17, 15) is 13.6 Å². The van der Waals surface area contributed by atoms with Crippen LogP contribution in [0.15, 0.2) is 6.07 Å². The van der Waals surface area contributed by atoms with Crippen molar-refractivity contribution in [2.75, 3.05) is 0 Å². The average Bonchev–Trinajstić information content (AvgIpc) is 2.16. The topological polar surface area (TPSA) is 53.8 Å². The van der Waals surface area contributed by atoms with E-state index in [0.717, 1.165) is 0 Å². The molecule has 0 saturated carbocycles. The molecule has 0 amide bonds. The number of aromatic nitrogens is 1. The number of aryl methyl sites for hydroxylation is 1. The van der Waals surface area contributed by atoms with Crippen LogP contribution in [0.1, 0.15) is 33.7 Å². The van der Waals surface area contributed by atoms with Crippen LogP contribution < -0.4 is 0 Å². The lowest BCUT2D eigenvalue weighted by molar-refractivity contribution is 0.111. The highest BCUT2D eigenvalue weighted by atomic mass is 19.3. The predicted octanol–water partition coefficient (Wildman–Crippen LogP) is 2.01. The number of hydrogen-bond donors (Lipinski definition) is 0. The minimum atomic E-state index is -2.84. The van der Waals surface area contributed by atoms with Crippen molar-refractivity contribution in [1.29, 1.82) is 5.26 Å². The molecule has 14 heavy (non-hydrogen) atoms. The molecule has 0 aromatic carbocycles. The fourth-order valence-corrected chi connectivity index (χ4v) is 1.09. The molecule has 5 heteroatoms. The van der Waals surface area contributed by atoms with Gasteiger partial charge in [0.15, 0.2) is 6.29 Å². The quantitative estimate of drug-likeness (QED) is 0.680. The van der Waals surface area contributed by atoms with Crippen molar-refractivity contribution in [3.8, 4) is 6.07 Å². The largest absolute Gasteiger partial charge is 0.296 e. The van der Waals surface area contributed by atoms with Crippen molar-refractivity contribution >= 4 is 6.29 Å². The third-order valence-electron chi connectivity index (χ3n) is 1.70.